The first-order chi connectivity index (χ1) is 7.66. The van der Waals surface area contributed by atoms with E-state index in [9.17, 15) is 4.79 Å². The number of carbonyl (C=O) groups excluding carboxylic acids is 1. The van der Waals surface area contributed by atoms with Gasteiger partial charge in [-0.15, -0.1) is 0 Å². The number of hydrogen-bond acceptors (Lipinski definition) is 2. The first-order valence-corrected chi connectivity index (χ1v) is 7.45. The summed E-state index contributed by atoms with van der Waals surface area (Å²) in [6.07, 6.45) is 1.62. The average molecular weight is 302 g/mol. The van der Waals surface area contributed by atoms with E-state index in [1.807, 2.05) is 16.3 Å². The quantitative estimate of drug-likeness (QED) is 0.769. The van der Waals surface area contributed by atoms with Crippen molar-refractivity contribution in [3.8, 4) is 0 Å². The molecular formula is C12H16BrNOS. The SMILES string of the molecule is CC1CN(C(=O)Cc2ccsc2)CCC1Br. The predicted molar refractivity (Wildman–Crippen MR) is 71.1 cm³/mol. The van der Waals surface area contributed by atoms with Crippen LogP contribution in [0, 0.1) is 5.92 Å². The van der Waals surface area contributed by atoms with E-state index in [-0.39, 0.29) is 5.91 Å². The smallest absolute Gasteiger partial charge is 0.227 e. The second kappa shape index (κ2) is 5.32. The van der Waals surface area contributed by atoms with Crippen LogP contribution in [0.25, 0.3) is 0 Å². The molecule has 1 fully saturated rings. The molecule has 1 saturated heterocycles. The Bertz CT molecular complexity index is 352. The van der Waals surface area contributed by atoms with Crippen LogP contribution in [0.3, 0.4) is 0 Å². The van der Waals surface area contributed by atoms with Gasteiger partial charge < -0.3 is 4.90 Å². The maximum Gasteiger partial charge on any atom is 0.227 e. The van der Waals surface area contributed by atoms with E-state index in [2.05, 4.69) is 28.2 Å². The van der Waals surface area contributed by atoms with E-state index in [0.717, 1.165) is 25.1 Å². The molecule has 1 aliphatic rings. The molecule has 2 heterocycles. The molecule has 2 atom stereocenters. The highest BCUT2D eigenvalue weighted by Gasteiger charge is 2.26. The molecule has 0 spiro atoms. The molecule has 0 N–H and O–H groups in total. The fourth-order valence-electron chi connectivity index (χ4n) is 2.02. The topological polar surface area (TPSA) is 20.3 Å². The summed E-state index contributed by atoms with van der Waals surface area (Å²) in [6, 6.07) is 2.03. The highest BCUT2D eigenvalue weighted by Crippen LogP contribution is 2.23. The molecule has 0 aromatic carbocycles. The zero-order valence-corrected chi connectivity index (χ0v) is 11.8. The summed E-state index contributed by atoms with van der Waals surface area (Å²) in [4.78, 5) is 14.6. The highest BCUT2D eigenvalue weighted by molar-refractivity contribution is 9.09. The summed E-state index contributed by atoms with van der Waals surface area (Å²) in [5.74, 6) is 0.824. The standard InChI is InChI=1S/C12H16BrNOS/c1-9-7-14(4-2-11(9)13)12(15)6-10-3-5-16-8-10/h3,5,8-9,11H,2,4,6-7H2,1H3. The van der Waals surface area contributed by atoms with Crippen LogP contribution >= 0.6 is 27.3 Å². The molecular weight excluding hydrogens is 286 g/mol. The molecule has 1 aromatic rings. The molecule has 0 aliphatic carbocycles. The molecule has 88 valence electrons. The first kappa shape index (κ1) is 12.1. The second-order valence-electron chi connectivity index (χ2n) is 4.43. The number of likely N-dealkylation sites (tertiary alicyclic amines) is 1. The van der Waals surface area contributed by atoms with Crippen molar-refractivity contribution in [1.29, 1.82) is 0 Å². The summed E-state index contributed by atoms with van der Waals surface area (Å²) in [6.45, 7) is 3.98. The van der Waals surface area contributed by atoms with Crippen molar-refractivity contribution < 1.29 is 4.79 Å². The van der Waals surface area contributed by atoms with Crippen LogP contribution in [0.5, 0.6) is 0 Å². The fourth-order valence-corrected chi connectivity index (χ4v) is 3.06. The van der Waals surface area contributed by atoms with Gasteiger partial charge in [0.25, 0.3) is 0 Å². The number of halogens is 1. The summed E-state index contributed by atoms with van der Waals surface area (Å²) in [7, 11) is 0. The highest BCUT2D eigenvalue weighted by atomic mass is 79.9. The van der Waals surface area contributed by atoms with Crippen molar-refractivity contribution >= 4 is 33.2 Å². The third kappa shape index (κ3) is 2.86. The maximum atomic E-state index is 12.0. The molecule has 1 aromatic heterocycles. The normalized spacial score (nSPS) is 25.8. The lowest BCUT2D eigenvalue weighted by atomic mass is 9.99. The molecule has 16 heavy (non-hydrogen) atoms. The molecule has 0 bridgehead atoms. The van der Waals surface area contributed by atoms with Crippen LogP contribution in [-0.4, -0.2) is 28.7 Å². The van der Waals surface area contributed by atoms with Crippen molar-refractivity contribution in [1.82, 2.24) is 4.90 Å². The Hall–Kier alpha value is -0.350. The zero-order valence-electron chi connectivity index (χ0n) is 9.36. The molecule has 2 unspecified atom stereocenters. The lowest BCUT2D eigenvalue weighted by Crippen LogP contribution is -2.43. The Morgan fingerprint density at radius 2 is 2.50 bits per heavy atom. The monoisotopic (exact) mass is 301 g/mol. The van der Waals surface area contributed by atoms with Crippen LogP contribution in [0.1, 0.15) is 18.9 Å². The van der Waals surface area contributed by atoms with Gasteiger partial charge in [-0.3, -0.25) is 4.79 Å². The van der Waals surface area contributed by atoms with Crippen LogP contribution in [0.15, 0.2) is 16.8 Å². The third-order valence-electron chi connectivity index (χ3n) is 3.09. The number of rotatable bonds is 2. The van der Waals surface area contributed by atoms with E-state index in [4.69, 9.17) is 0 Å². The Kier molecular flexibility index (Phi) is 4.03. The summed E-state index contributed by atoms with van der Waals surface area (Å²) >= 11 is 5.31. The Labute approximate surface area is 109 Å². The van der Waals surface area contributed by atoms with Gasteiger partial charge in [0.1, 0.15) is 0 Å². The van der Waals surface area contributed by atoms with Crippen molar-refractivity contribution in [3.05, 3.63) is 22.4 Å². The number of thiophene rings is 1. The Balaban J connectivity index is 1.90. The van der Waals surface area contributed by atoms with E-state index in [1.54, 1.807) is 11.3 Å². The van der Waals surface area contributed by atoms with E-state index in [0.29, 0.717) is 17.2 Å². The van der Waals surface area contributed by atoms with Gasteiger partial charge in [0, 0.05) is 17.9 Å². The molecule has 0 saturated carbocycles. The van der Waals surface area contributed by atoms with Crippen LogP contribution in [0.4, 0.5) is 0 Å². The first-order valence-electron chi connectivity index (χ1n) is 5.59. The summed E-state index contributed by atoms with van der Waals surface area (Å²) < 4.78 is 0. The van der Waals surface area contributed by atoms with Crippen LogP contribution in [-0.2, 0) is 11.2 Å². The zero-order chi connectivity index (χ0) is 11.5. The minimum Gasteiger partial charge on any atom is -0.342 e. The summed E-state index contributed by atoms with van der Waals surface area (Å²) in [5.41, 5.74) is 1.14. The molecule has 1 aliphatic heterocycles. The average Bonchev–Trinajstić information content (AvgIpc) is 2.74. The Morgan fingerprint density at radius 1 is 1.69 bits per heavy atom. The van der Waals surface area contributed by atoms with Crippen LogP contribution in [0.2, 0.25) is 0 Å². The molecule has 2 nitrogen and oxygen atoms in total. The molecule has 0 radical (unpaired) electrons. The maximum absolute atomic E-state index is 12.0. The van der Waals surface area contributed by atoms with E-state index < -0.39 is 0 Å². The van der Waals surface area contributed by atoms with Gasteiger partial charge in [-0.2, -0.15) is 11.3 Å². The number of alkyl halides is 1. The minimum absolute atomic E-state index is 0.268. The number of amides is 1. The van der Waals surface area contributed by atoms with Gasteiger partial charge in [-0.1, -0.05) is 22.9 Å². The predicted octanol–water partition coefficient (Wildman–Crippen LogP) is 2.92. The fraction of sp³-hybridized carbons (Fsp3) is 0.583. The largest absolute Gasteiger partial charge is 0.342 e. The van der Waals surface area contributed by atoms with Gasteiger partial charge in [0.2, 0.25) is 5.91 Å². The molecule has 1 amide bonds. The third-order valence-corrected chi connectivity index (χ3v) is 5.18. The van der Waals surface area contributed by atoms with Crippen LogP contribution < -0.4 is 0 Å². The van der Waals surface area contributed by atoms with Gasteiger partial charge in [-0.25, -0.2) is 0 Å². The van der Waals surface area contributed by atoms with Crippen molar-refractivity contribution in [2.24, 2.45) is 5.92 Å². The van der Waals surface area contributed by atoms with Crippen molar-refractivity contribution in [2.45, 2.75) is 24.6 Å². The Morgan fingerprint density at radius 3 is 3.12 bits per heavy atom. The number of piperidine rings is 1. The lowest BCUT2D eigenvalue weighted by Gasteiger charge is -2.34. The summed E-state index contributed by atoms with van der Waals surface area (Å²) in [5, 5.41) is 4.08. The van der Waals surface area contributed by atoms with Crippen molar-refractivity contribution in [2.75, 3.05) is 13.1 Å². The van der Waals surface area contributed by atoms with Gasteiger partial charge in [-0.05, 0) is 34.7 Å². The van der Waals surface area contributed by atoms with Gasteiger partial charge in [0.15, 0.2) is 0 Å². The number of hydrogen-bond donors (Lipinski definition) is 0. The molecule has 4 heteroatoms. The molecule has 2 rings (SSSR count). The number of carbonyl (C=O) groups is 1. The number of nitrogens with zero attached hydrogens (tertiary/aromatic N) is 1. The van der Waals surface area contributed by atoms with Gasteiger partial charge in [0.05, 0.1) is 6.42 Å². The second-order valence-corrected chi connectivity index (χ2v) is 6.39. The van der Waals surface area contributed by atoms with Crippen molar-refractivity contribution in [3.63, 3.8) is 0 Å². The van der Waals surface area contributed by atoms with E-state index in [1.165, 1.54) is 0 Å². The van der Waals surface area contributed by atoms with Gasteiger partial charge >= 0.3 is 0 Å². The van der Waals surface area contributed by atoms with E-state index >= 15 is 0 Å². The lowest BCUT2D eigenvalue weighted by molar-refractivity contribution is -0.132. The minimum atomic E-state index is 0.268.